The van der Waals surface area contributed by atoms with Crippen LogP contribution in [0.25, 0.3) is 0 Å². The van der Waals surface area contributed by atoms with E-state index >= 15 is 0 Å². The van der Waals surface area contributed by atoms with Crippen LogP contribution < -0.4 is 10.2 Å². The second-order valence-electron chi connectivity index (χ2n) is 5.46. The molecular weight excluding hydrogens is 254 g/mol. The number of rotatable bonds is 7. The Morgan fingerprint density at radius 1 is 1.42 bits per heavy atom. The van der Waals surface area contributed by atoms with Gasteiger partial charge < -0.3 is 10.2 Å². The molecule has 19 heavy (non-hydrogen) atoms. The molecule has 0 saturated heterocycles. The number of anilines is 1. The molecule has 0 spiro atoms. The van der Waals surface area contributed by atoms with Crippen LogP contribution in [0.3, 0.4) is 0 Å². The minimum Gasteiger partial charge on any atom is -0.345 e. The highest BCUT2D eigenvalue weighted by molar-refractivity contribution is 7.13. The van der Waals surface area contributed by atoms with Crippen molar-refractivity contribution in [2.24, 2.45) is 0 Å². The average Bonchev–Trinajstić information content (AvgIpc) is 3.08. The molecule has 1 N–H and O–H groups in total. The Kier molecular flexibility index (Phi) is 5.64. The Bertz CT molecular complexity index is 371. The molecule has 3 nitrogen and oxygen atoms in total. The lowest BCUT2D eigenvalue weighted by atomic mass is 10.2. The first kappa shape index (κ1) is 14.8. The third-order valence-electron chi connectivity index (χ3n) is 4.01. The molecule has 0 bridgehead atoms. The lowest BCUT2D eigenvalue weighted by Crippen LogP contribution is -2.33. The molecule has 0 aliphatic heterocycles. The first-order chi connectivity index (χ1) is 9.26. The first-order valence-electron chi connectivity index (χ1n) is 7.71. The fourth-order valence-corrected chi connectivity index (χ4v) is 3.89. The summed E-state index contributed by atoms with van der Waals surface area (Å²) >= 11 is 1.81. The highest BCUT2D eigenvalue weighted by atomic mass is 32.1. The number of nitrogens with one attached hydrogen (secondary N) is 1. The van der Waals surface area contributed by atoms with Crippen LogP contribution in [-0.4, -0.2) is 24.1 Å². The van der Waals surface area contributed by atoms with Crippen LogP contribution in [0.15, 0.2) is 5.38 Å². The van der Waals surface area contributed by atoms with Gasteiger partial charge in [0.05, 0.1) is 5.69 Å². The molecule has 1 aliphatic rings. The normalized spacial score (nSPS) is 17.8. The van der Waals surface area contributed by atoms with Crippen LogP contribution in [0.4, 0.5) is 5.13 Å². The van der Waals surface area contributed by atoms with E-state index in [-0.39, 0.29) is 0 Å². The van der Waals surface area contributed by atoms with Crippen LogP contribution in [-0.2, 0) is 0 Å². The summed E-state index contributed by atoms with van der Waals surface area (Å²) in [4.78, 5) is 7.37. The van der Waals surface area contributed by atoms with Gasteiger partial charge in [-0.25, -0.2) is 4.98 Å². The van der Waals surface area contributed by atoms with Gasteiger partial charge in [0.2, 0.25) is 0 Å². The highest BCUT2D eigenvalue weighted by Gasteiger charge is 2.24. The Labute approximate surface area is 121 Å². The lowest BCUT2D eigenvalue weighted by molar-refractivity contribution is 0.558. The molecule has 0 aromatic carbocycles. The minimum atomic E-state index is 0.368. The van der Waals surface area contributed by atoms with Crippen molar-refractivity contribution in [2.75, 3.05) is 18.0 Å². The molecule has 1 fully saturated rings. The number of hydrogen-bond donors (Lipinski definition) is 1. The summed E-state index contributed by atoms with van der Waals surface area (Å²) in [5.74, 6) is 0. The zero-order valence-corrected chi connectivity index (χ0v) is 13.3. The topological polar surface area (TPSA) is 28.2 Å². The Morgan fingerprint density at radius 2 is 2.16 bits per heavy atom. The molecule has 4 heteroatoms. The van der Waals surface area contributed by atoms with E-state index in [4.69, 9.17) is 4.98 Å². The van der Waals surface area contributed by atoms with E-state index in [1.807, 2.05) is 0 Å². The number of thiazole rings is 1. The molecule has 108 valence electrons. The Hall–Kier alpha value is -0.610. The second-order valence-corrected chi connectivity index (χ2v) is 6.29. The summed E-state index contributed by atoms with van der Waals surface area (Å²) in [6.07, 6.45) is 6.62. The van der Waals surface area contributed by atoms with E-state index in [0.717, 1.165) is 19.1 Å². The molecule has 1 saturated carbocycles. The average molecular weight is 281 g/mol. The van der Waals surface area contributed by atoms with E-state index in [2.05, 4.69) is 36.4 Å². The van der Waals surface area contributed by atoms with Crippen molar-refractivity contribution in [2.45, 2.75) is 65.0 Å². The van der Waals surface area contributed by atoms with Gasteiger partial charge in [-0.2, -0.15) is 0 Å². The van der Waals surface area contributed by atoms with Gasteiger partial charge in [0.1, 0.15) is 0 Å². The maximum absolute atomic E-state index is 4.86. The van der Waals surface area contributed by atoms with Gasteiger partial charge in [-0.05, 0) is 39.7 Å². The zero-order chi connectivity index (χ0) is 13.7. The fourth-order valence-electron chi connectivity index (χ4n) is 2.84. The van der Waals surface area contributed by atoms with Crippen molar-refractivity contribution < 1.29 is 0 Å². The van der Waals surface area contributed by atoms with Crippen LogP contribution in [0, 0.1) is 0 Å². The van der Waals surface area contributed by atoms with Crippen molar-refractivity contribution in [1.29, 1.82) is 0 Å². The number of aromatic nitrogens is 1. The van der Waals surface area contributed by atoms with Crippen molar-refractivity contribution in [3.8, 4) is 0 Å². The van der Waals surface area contributed by atoms with E-state index in [1.165, 1.54) is 42.9 Å². The van der Waals surface area contributed by atoms with Gasteiger partial charge in [0.25, 0.3) is 0 Å². The van der Waals surface area contributed by atoms with Crippen LogP contribution in [0.5, 0.6) is 0 Å². The minimum absolute atomic E-state index is 0.368. The zero-order valence-electron chi connectivity index (χ0n) is 12.5. The second kappa shape index (κ2) is 7.25. The number of nitrogens with zero attached hydrogens (tertiary/aromatic N) is 2. The predicted octanol–water partition coefficient (Wildman–Crippen LogP) is 3.97. The fraction of sp³-hybridized carbons (Fsp3) is 0.800. The monoisotopic (exact) mass is 281 g/mol. The summed E-state index contributed by atoms with van der Waals surface area (Å²) < 4.78 is 0. The molecule has 0 amide bonds. The summed E-state index contributed by atoms with van der Waals surface area (Å²) in [5, 5.41) is 6.95. The van der Waals surface area contributed by atoms with Crippen molar-refractivity contribution in [3.05, 3.63) is 11.1 Å². The van der Waals surface area contributed by atoms with Gasteiger partial charge in [-0.3, -0.25) is 0 Å². The van der Waals surface area contributed by atoms with Gasteiger partial charge in [0, 0.05) is 24.0 Å². The highest BCUT2D eigenvalue weighted by Crippen LogP contribution is 2.31. The molecule has 1 aromatic rings. The quantitative estimate of drug-likeness (QED) is 0.819. The van der Waals surface area contributed by atoms with E-state index < -0.39 is 0 Å². The third kappa shape index (κ3) is 3.69. The maximum Gasteiger partial charge on any atom is 0.185 e. The van der Waals surface area contributed by atoms with Crippen molar-refractivity contribution in [1.82, 2.24) is 10.3 Å². The summed E-state index contributed by atoms with van der Waals surface area (Å²) in [6.45, 7) is 8.80. The number of hydrogen-bond acceptors (Lipinski definition) is 4. The SMILES string of the molecule is CCCNC(C)c1csc(N(CC)C2CCCC2)n1. The maximum atomic E-state index is 4.86. The first-order valence-corrected chi connectivity index (χ1v) is 8.59. The molecule has 1 unspecified atom stereocenters. The largest absolute Gasteiger partial charge is 0.345 e. The van der Waals surface area contributed by atoms with E-state index in [9.17, 15) is 0 Å². The molecule has 2 rings (SSSR count). The lowest BCUT2D eigenvalue weighted by Gasteiger charge is -2.27. The van der Waals surface area contributed by atoms with Crippen molar-refractivity contribution in [3.63, 3.8) is 0 Å². The molecular formula is C15H27N3S. The third-order valence-corrected chi connectivity index (χ3v) is 4.90. The Balaban J connectivity index is 2.01. The Morgan fingerprint density at radius 3 is 2.79 bits per heavy atom. The van der Waals surface area contributed by atoms with E-state index in [1.54, 1.807) is 11.3 Å². The smallest absolute Gasteiger partial charge is 0.185 e. The molecule has 1 aromatic heterocycles. The van der Waals surface area contributed by atoms with E-state index in [0.29, 0.717) is 6.04 Å². The molecule has 1 aliphatic carbocycles. The molecule has 1 atom stereocenters. The van der Waals surface area contributed by atoms with Crippen molar-refractivity contribution >= 4 is 16.5 Å². The standard InChI is InChI=1S/C15H27N3S/c1-4-10-16-12(3)14-11-19-15(17-14)18(5-2)13-8-6-7-9-13/h11-13,16H,4-10H2,1-3H3. The summed E-state index contributed by atoms with van der Waals surface area (Å²) in [7, 11) is 0. The summed E-state index contributed by atoms with van der Waals surface area (Å²) in [5.41, 5.74) is 1.20. The van der Waals surface area contributed by atoms with Crippen LogP contribution in [0.2, 0.25) is 0 Å². The molecule has 1 heterocycles. The molecule has 0 radical (unpaired) electrons. The van der Waals surface area contributed by atoms with Crippen LogP contribution in [0.1, 0.15) is 64.6 Å². The van der Waals surface area contributed by atoms with Gasteiger partial charge >= 0.3 is 0 Å². The van der Waals surface area contributed by atoms with Crippen LogP contribution >= 0.6 is 11.3 Å². The van der Waals surface area contributed by atoms with Gasteiger partial charge in [0.15, 0.2) is 5.13 Å². The van der Waals surface area contributed by atoms with Gasteiger partial charge in [-0.15, -0.1) is 11.3 Å². The predicted molar refractivity (Wildman–Crippen MR) is 84.1 cm³/mol. The van der Waals surface area contributed by atoms with Gasteiger partial charge in [-0.1, -0.05) is 19.8 Å². The summed E-state index contributed by atoms with van der Waals surface area (Å²) in [6, 6.07) is 1.09.